The van der Waals surface area contributed by atoms with Crippen LogP contribution in [0.1, 0.15) is 26.4 Å². The van der Waals surface area contributed by atoms with Crippen LogP contribution < -0.4 is 11.1 Å². The van der Waals surface area contributed by atoms with E-state index in [-0.39, 0.29) is 11.3 Å². The molecule has 27 heavy (non-hydrogen) atoms. The van der Waals surface area contributed by atoms with Gasteiger partial charge in [0.2, 0.25) is 5.91 Å². The Hall–Kier alpha value is -3.62. The molecule has 3 rings (SSSR count). The zero-order valence-electron chi connectivity index (χ0n) is 13.7. The first kappa shape index (κ1) is 18.2. The van der Waals surface area contributed by atoms with Gasteiger partial charge < -0.3 is 11.1 Å². The first-order valence-corrected chi connectivity index (χ1v) is 7.68. The van der Waals surface area contributed by atoms with E-state index in [1.54, 1.807) is 0 Å². The van der Waals surface area contributed by atoms with Crippen LogP contribution in [0.3, 0.4) is 0 Å². The van der Waals surface area contributed by atoms with Crippen molar-refractivity contribution in [1.29, 1.82) is 0 Å². The fourth-order valence-corrected chi connectivity index (χ4v) is 2.40. The van der Waals surface area contributed by atoms with Crippen LogP contribution in [-0.4, -0.2) is 21.6 Å². The fourth-order valence-electron chi connectivity index (χ4n) is 2.40. The summed E-state index contributed by atoms with van der Waals surface area (Å²) in [6, 6.07) is 12.4. The quantitative estimate of drug-likeness (QED) is 0.735. The summed E-state index contributed by atoms with van der Waals surface area (Å²) in [6.07, 6.45) is -3.46. The number of carbonyl (C=O) groups is 2. The summed E-state index contributed by atoms with van der Waals surface area (Å²) in [4.78, 5) is 23.2. The number of nitrogens with two attached hydrogens (primary N) is 1. The molecule has 2 amide bonds. The van der Waals surface area contributed by atoms with Gasteiger partial charge in [-0.2, -0.15) is 18.3 Å². The van der Waals surface area contributed by atoms with E-state index in [0.29, 0.717) is 11.3 Å². The molecular formula is C18H13F3N4O2. The Bertz CT molecular complexity index is 977. The summed E-state index contributed by atoms with van der Waals surface area (Å²) in [5.41, 5.74) is 5.42. The molecule has 3 aromatic rings. The predicted molar refractivity (Wildman–Crippen MR) is 91.5 cm³/mol. The third-order valence-corrected chi connectivity index (χ3v) is 3.73. The third-order valence-electron chi connectivity index (χ3n) is 3.73. The molecule has 0 saturated carbocycles. The molecule has 3 N–H and O–H groups in total. The lowest BCUT2D eigenvalue weighted by molar-refractivity contribution is -0.142. The summed E-state index contributed by atoms with van der Waals surface area (Å²) in [5, 5.41) is 6.30. The molecule has 1 heterocycles. The van der Waals surface area contributed by atoms with Crippen LogP contribution in [-0.2, 0) is 6.18 Å². The summed E-state index contributed by atoms with van der Waals surface area (Å²) >= 11 is 0. The third kappa shape index (κ3) is 3.97. The van der Waals surface area contributed by atoms with Gasteiger partial charge >= 0.3 is 6.18 Å². The highest BCUT2D eigenvalue weighted by molar-refractivity contribution is 6.05. The minimum atomic E-state index is -4.53. The van der Waals surface area contributed by atoms with Gasteiger partial charge in [0.25, 0.3) is 5.91 Å². The molecule has 0 saturated heterocycles. The maximum atomic E-state index is 12.9. The molecule has 0 spiro atoms. The van der Waals surface area contributed by atoms with Gasteiger partial charge in [0, 0.05) is 16.8 Å². The van der Waals surface area contributed by atoms with E-state index in [1.807, 2.05) is 0 Å². The lowest BCUT2D eigenvalue weighted by Crippen LogP contribution is -2.14. The van der Waals surface area contributed by atoms with E-state index in [2.05, 4.69) is 10.4 Å². The molecular weight excluding hydrogens is 361 g/mol. The van der Waals surface area contributed by atoms with E-state index in [1.165, 1.54) is 48.5 Å². The van der Waals surface area contributed by atoms with Gasteiger partial charge in [-0.05, 0) is 54.6 Å². The van der Waals surface area contributed by atoms with Gasteiger partial charge in [-0.1, -0.05) is 0 Å². The first-order chi connectivity index (χ1) is 12.8. The van der Waals surface area contributed by atoms with Crippen molar-refractivity contribution < 1.29 is 22.8 Å². The second kappa shape index (κ2) is 6.94. The van der Waals surface area contributed by atoms with E-state index in [0.717, 1.165) is 16.9 Å². The summed E-state index contributed by atoms with van der Waals surface area (Å²) in [6.45, 7) is 0. The molecule has 0 aliphatic rings. The van der Waals surface area contributed by atoms with E-state index < -0.39 is 23.7 Å². The van der Waals surface area contributed by atoms with Crippen LogP contribution in [0.25, 0.3) is 5.69 Å². The highest BCUT2D eigenvalue weighted by Crippen LogP contribution is 2.30. The number of hydrogen-bond acceptors (Lipinski definition) is 3. The normalized spacial score (nSPS) is 11.2. The molecule has 6 nitrogen and oxygen atoms in total. The van der Waals surface area contributed by atoms with E-state index >= 15 is 0 Å². The van der Waals surface area contributed by atoms with Crippen molar-refractivity contribution in [3.05, 3.63) is 77.6 Å². The zero-order valence-corrected chi connectivity index (χ0v) is 13.7. The number of benzene rings is 2. The molecule has 2 aromatic carbocycles. The largest absolute Gasteiger partial charge is 0.433 e. The van der Waals surface area contributed by atoms with Gasteiger partial charge in [0.15, 0.2) is 0 Å². The van der Waals surface area contributed by atoms with Crippen LogP contribution in [0.2, 0.25) is 0 Å². The average molecular weight is 374 g/mol. The number of halogens is 3. The van der Waals surface area contributed by atoms with Crippen molar-refractivity contribution in [3.63, 3.8) is 0 Å². The lowest BCUT2D eigenvalue weighted by atomic mass is 10.1. The number of amides is 2. The number of rotatable bonds is 4. The number of nitrogens with one attached hydrogen (secondary N) is 1. The van der Waals surface area contributed by atoms with Crippen molar-refractivity contribution in [2.45, 2.75) is 6.18 Å². The lowest BCUT2D eigenvalue weighted by Gasteiger charge is -2.11. The summed E-state index contributed by atoms with van der Waals surface area (Å²) in [7, 11) is 0. The minimum Gasteiger partial charge on any atom is -0.366 e. The predicted octanol–water partition coefficient (Wildman–Crippen LogP) is 3.24. The number of aromatic nitrogens is 2. The Kier molecular flexibility index (Phi) is 4.68. The monoisotopic (exact) mass is 374 g/mol. The van der Waals surface area contributed by atoms with Crippen LogP contribution in [0, 0.1) is 0 Å². The number of alkyl halides is 3. The topological polar surface area (TPSA) is 90.0 Å². The van der Waals surface area contributed by atoms with Crippen molar-refractivity contribution >= 4 is 17.5 Å². The molecule has 0 bridgehead atoms. The molecule has 0 aliphatic heterocycles. The number of anilines is 1. The highest BCUT2D eigenvalue weighted by Gasteiger charge is 2.35. The van der Waals surface area contributed by atoms with Gasteiger partial charge in [0.1, 0.15) is 5.69 Å². The van der Waals surface area contributed by atoms with Crippen molar-refractivity contribution in [2.24, 2.45) is 5.73 Å². The molecule has 0 unspecified atom stereocenters. The second-order valence-electron chi connectivity index (χ2n) is 5.57. The highest BCUT2D eigenvalue weighted by atomic mass is 19.4. The van der Waals surface area contributed by atoms with Crippen LogP contribution >= 0.6 is 0 Å². The van der Waals surface area contributed by atoms with Crippen molar-refractivity contribution in [1.82, 2.24) is 9.78 Å². The van der Waals surface area contributed by atoms with Crippen molar-refractivity contribution in [3.8, 4) is 5.69 Å². The van der Waals surface area contributed by atoms with Gasteiger partial charge in [-0.25, -0.2) is 4.68 Å². The second-order valence-corrected chi connectivity index (χ2v) is 5.57. The van der Waals surface area contributed by atoms with Crippen LogP contribution in [0.4, 0.5) is 18.9 Å². The maximum Gasteiger partial charge on any atom is 0.433 e. The standard InChI is InChI=1S/C18H13F3N4O2/c19-18(20,21)15-9-10-23-25(15)14-7-5-13(6-8-14)24-17(27)12-3-1-11(2-4-12)16(22)26/h1-10H,(H2,22,26)(H,24,27). The summed E-state index contributed by atoms with van der Waals surface area (Å²) in [5.74, 6) is -1.04. The smallest absolute Gasteiger partial charge is 0.366 e. The van der Waals surface area contributed by atoms with Crippen LogP contribution in [0.5, 0.6) is 0 Å². The molecule has 0 radical (unpaired) electrons. The van der Waals surface area contributed by atoms with E-state index in [9.17, 15) is 22.8 Å². The maximum absolute atomic E-state index is 12.9. The number of carbonyl (C=O) groups excluding carboxylic acids is 2. The number of hydrogen-bond donors (Lipinski definition) is 2. The van der Waals surface area contributed by atoms with Crippen molar-refractivity contribution in [2.75, 3.05) is 5.32 Å². The molecule has 0 aliphatic carbocycles. The van der Waals surface area contributed by atoms with E-state index in [4.69, 9.17) is 5.73 Å². The SMILES string of the molecule is NC(=O)c1ccc(C(=O)Nc2ccc(-n3nccc3C(F)(F)F)cc2)cc1. The first-order valence-electron chi connectivity index (χ1n) is 7.68. The van der Waals surface area contributed by atoms with Gasteiger partial charge in [-0.15, -0.1) is 0 Å². The summed E-state index contributed by atoms with van der Waals surface area (Å²) < 4.78 is 39.6. The average Bonchev–Trinajstić information content (AvgIpc) is 3.12. The van der Waals surface area contributed by atoms with Gasteiger partial charge in [-0.3, -0.25) is 9.59 Å². The Balaban J connectivity index is 1.75. The fraction of sp³-hybridized carbons (Fsp3) is 0.0556. The Labute approximate surface area is 151 Å². The van der Waals surface area contributed by atoms with Crippen LogP contribution in [0.15, 0.2) is 60.8 Å². The molecule has 0 atom stereocenters. The van der Waals surface area contributed by atoms with Gasteiger partial charge in [0.05, 0.1) is 11.9 Å². The minimum absolute atomic E-state index is 0.205. The Morgan fingerprint density at radius 2 is 1.52 bits per heavy atom. The molecule has 9 heteroatoms. The molecule has 0 fully saturated rings. The molecule has 1 aromatic heterocycles. The number of primary amides is 1. The Morgan fingerprint density at radius 1 is 0.926 bits per heavy atom. The Morgan fingerprint density at radius 3 is 2.07 bits per heavy atom. The zero-order chi connectivity index (χ0) is 19.6. The number of nitrogens with zero attached hydrogens (tertiary/aromatic N) is 2. The molecule has 138 valence electrons.